The molecule has 0 bridgehead atoms. The molecule has 2 N–H and O–H groups in total. The summed E-state index contributed by atoms with van der Waals surface area (Å²) in [5.74, 6) is 1.59. The van der Waals surface area contributed by atoms with Crippen molar-refractivity contribution in [1.82, 2.24) is 10.1 Å². The predicted molar refractivity (Wildman–Crippen MR) is 72.2 cm³/mol. The second-order valence-corrected chi connectivity index (χ2v) is 5.57. The van der Waals surface area contributed by atoms with Gasteiger partial charge < -0.3 is 10.3 Å². The first-order valence-corrected chi connectivity index (χ1v) is 6.95. The lowest BCUT2D eigenvalue weighted by Crippen LogP contribution is -2.42. The van der Waals surface area contributed by atoms with Gasteiger partial charge in [-0.3, -0.25) is 4.90 Å². The van der Waals surface area contributed by atoms with Crippen molar-refractivity contribution in [2.75, 3.05) is 13.6 Å². The Morgan fingerprint density at radius 1 is 1.33 bits per heavy atom. The monoisotopic (exact) mass is 251 g/mol. The van der Waals surface area contributed by atoms with Crippen LogP contribution in [0.15, 0.2) is 4.52 Å². The average molecular weight is 251 g/mol. The highest BCUT2D eigenvalue weighted by Gasteiger charge is 2.28. The van der Waals surface area contributed by atoms with E-state index in [0.29, 0.717) is 12.0 Å². The Hall–Kier alpha value is -0.870. The molecule has 1 aromatic rings. The van der Waals surface area contributed by atoms with E-state index in [0.717, 1.165) is 24.5 Å². The van der Waals surface area contributed by atoms with Crippen LogP contribution in [-0.2, 0) is 6.54 Å². The molecule has 0 spiro atoms. The van der Waals surface area contributed by atoms with Crippen LogP contribution in [0.3, 0.4) is 0 Å². The largest absolute Gasteiger partial charge is 0.361 e. The first-order valence-electron chi connectivity index (χ1n) is 6.95. The first-order chi connectivity index (χ1) is 8.63. The zero-order chi connectivity index (χ0) is 13.1. The third-order valence-electron chi connectivity index (χ3n) is 4.33. The molecule has 4 heteroatoms. The van der Waals surface area contributed by atoms with Crippen LogP contribution in [0.25, 0.3) is 0 Å². The van der Waals surface area contributed by atoms with Crippen molar-refractivity contribution in [3.05, 3.63) is 17.0 Å². The van der Waals surface area contributed by atoms with Crippen LogP contribution < -0.4 is 5.73 Å². The summed E-state index contributed by atoms with van der Waals surface area (Å²) < 4.78 is 5.24. The SMILES string of the molecule is Cc1noc(C)c1CN(C)C1CCCCC1CN. The van der Waals surface area contributed by atoms with Gasteiger partial charge in [-0.15, -0.1) is 0 Å². The summed E-state index contributed by atoms with van der Waals surface area (Å²) in [5.41, 5.74) is 8.16. The summed E-state index contributed by atoms with van der Waals surface area (Å²) in [6, 6.07) is 0.609. The van der Waals surface area contributed by atoms with E-state index >= 15 is 0 Å². The molecule has 1 saturated carbocycles. The standard InChI is InChI=1S/C14H25N3O/c1-10-13(11(2)18-16-10)9-17(3)14-7-5-4-6-12(14)8-15/h12,14H,4-9,15H2,1-3H3. The highest BCUT2D eigenvalue weighted by Crippen LogP contribution is 2.28. The fourth-order valence-corrected chi connectivity index (χ4v) is 3.14. The van der Waals surface area contributed by atoms with Crippen molar-refractivity contribution < 1.29 is 4.52 Å². The number of nitrogens with two attached hydrogens (primary N) is 1. The zero-order valence-electron chi connectivity index (χ0n) is 11.8. The van der Waals surface area contributed by atoms with Gasteiger partial charge in [-0.2, -0.15) is 0 Å². The lowest BCUT2D eigenvalue weighted by atomic mass is 9.83. The summed E-state index contributed by atoms with van der Waals surface area (Å²) in [7, 11) is 2.20. The van der Waals surface area contributed by atoms with Gasteiger partial charge in [0.2, 0.25) is 0 Å². The molecular formula is C14H25N3O. The molecule has 0 aromatic carbocycles. The lowest BCUT2D eigenvalue weighted by molar-refractivity contribution is 0.127. The zero-order valence-corrected chi connectivity index (χ0v) is 11.8. The highest BCUT2D eigenvalue weighted by atomic mass is 16.5. The van der Waals surface area contributed by atoms with Crippen LogP contribution in [0.5, 0.6) is 0 Å². The normalized spacial score (nSPS) is 24.7. The van der Waals surface area contributed by atoms with Crippen molar-refractivity contribution in [3.63, 3.8) is 0 Å². The third-order valence-corrected chi connectivity index (χ3v) is 4.33. The smallest absolute Gasteiger partial charge is 0.138 e. The minimum atomic E-state index is 0.609. The lowest BCUT2D eigenvalue weighted by Gasteiger charge is -2.37. The minimum Gasteiger partial charge on any atom is -0.361 e. The number of aryl methyl sites for hydroxylation is 2. The summed E-state index contributed by atoms with van der Waals surface area (Å²) in [4.78, 5) is 2.43. The van der Waals surface area contributed by atoms with Crippen molar-refractivity contribution in [2.45, 2.75) is 52.1 Å². The van der Waals surface area contributed by atoms with E-state index in [1.807, 2.05) is 13.8 Å². The molecule has 2 rings (SSSR count). The van der Waals surface area contributed by atoms with Gasteiger partial charge in [-0.1, -0.05) is 18.0 Å². The Kier molecular flexibility index (Phi) is 4.40. The molecule has 102 valence electrons. The second-order valence-electron chi connectivity index (χ2n) is 5.57. The summed E-state index contributed by atoms with van der Waals surface area (Å²) in [5, 5.41) is 4.03. The molecule has 1 fully saturated rings. The van der Waals surface area contributed by atoms with Crippen molar-refractivity contribution in [1.29, 1.82) is 0 Å². The molecule has 1 aliphatic carbocycles. The third kappa shape index (κ3) is 2.75. The maximum Gasteiger partial charge on any atom is 0.138 e. The second kappa shape index (κ2) is 5.85. The van der Waals surface area contributed by atoms with Crippen molar-refractivity contribution in [2.24, 2.45) is 11.7 Å². The first kappa shape index (κ1) is 13.6. The van der Waals surface area contributed by atoms with Crippen LogP contribution >= 0.6 is 0 Å². The highest BCUT2D eigenvalue weighted by molar-refractivity contribution is 5.20. The van der Waals surface area contributed by atoms with Crippen LogP contribution in [0.4, 0.5) is 0 Å². The van der Waals surface area contributed by atoms with E-state index in [9.17, 15) is 0 Å². The van der Waals surface area contributed by atoms with Gasteiger partial charge in [0.15, 0.2) is 0 Å². The Morgan fingerprint density at radius 3 is 2.67 bits per heavy atom. The minimum absolute atomic E-state index is 0.609. The van der Waals surface area contributed by atoms with Crippen LogP contribution in [0.2, 0.25) is 0 Å². The molecule has 0 saturated heterocycles. The summed E-state index contributed by atoms with van der Waals surface area (Å²) in [6.07, 6.45) is 5.19. The van der Waals surface area contributed by atoms with E-state index in [2.05, 4.69) is 17.1 Å². The van der Waals surface area contributed by atoms with Gasteiger partial charge in [0.25, 0.3) is 0 Å². The van der Waals surface area contributed by atoms with E-state index in [1.165, 1.54) is 31.2 Å². The Bertz CT molecular complexity index is 369. The van der Waals surface area contributed by atoms with E-state index in [1.54, 1.807) is 0 Å². The maximum atomic E-state index is 5.91. The van der Waals surface area contributed by atoms with E-state index in [-0.39, 0.29) is 0 Å². The van der Waals surface area contributed by atoms with E-state index in [4.69, 9.17) is 10.3 Å². The Labute approximate surface area is 110 Å². The number of nitrogens with zero attached hydrogens (tertiary/aromatic N) is 2. The predicted octanol–water partition coefficient (Wildman–Crippen LogP) is 2.24. The number of hydrogen-bond acceptors (Lipinski definition) is 4. The maximum absolute atomic E-state index is 5.91. The van der Waals surface area contributed by atoms with Crippen LogP contribution in [-0.4, -0.2) is 29.7 Å². The molecule has 0 amide bonds. The molecule has 2 unspecified atom stereocenters. The fourth-order valence-electron chi connectivity index (χ4n) is 3.14. The van der Waals surface area contributed by atoms with Crippen LogP contribution in [0, 0.1) is 19.8 Å². The van der Waals surface area contributed by atoms with Crippen LogP contribution in [0.1, 0.15) is 42.7 Å². The molecule has 18 heavy (non-hydrogen) atoms. The van der Waals surface area contributed by atoms with E-state index < -0.39 is 0 Å². The van der Waals surface area contributed by atoms with Gasteiger partial charge >= 0.3 is 0 Å². The molecular weight excluding hydrogens is 226 g/mol. The van der Waals surface area contributed by atoms with Crippen molar-refractivity contribution in [3.8, 4) is 0 Å². The Morgan fingerprint density at radius 2 is 2.06 bits per heavy atom. The van der Waals surface area contributed by atoms with Gasteiger partial charge in [0.1, 0.15) is 5.76 Å². The summed E-state index contributed by atoms with van der Waals surface area (Å²) >= 11 is 0. The average Bonchev–Trinajstić information content (AvgIpc) is 2.70. The number of hydrogen-bond donors (Lipinski definition) is 1. The summed E-state index contributed by atoms with van der Waals surface area (Å²) in [6.45, 7) is 5.73. The number of aromatic nitrogens is 1. The van der Waals surface area contributed by atoms with Gasteiger partial charge in [-0.05, 0) is 46.2 Å². The van der Waals surface area contributed by atoms with Gasteiger partial charge in [0.05, 0.1) is 5.69 Å². The molecule has 0 aliphatic heterocycles. The molecule has 1 aromatic heterocycles. The molecule has 1 heterocycles. The van der Waals surface area contributed by atoms with Gasteiger partial charge in [0, 0.05) is 18.2 Å². The molecule has 0 radical (unpaired) electrons. The fraction of sp³-hybridized carbons (Fsp3) is 0.786. The van der Waals surface area contributed by atoms with Gasteiger partial charge in [-0.25, -0.2) is 0 Å². The van der Waals surface area contributed by atoms with Crippen molar-refractivity contribution >= 4 is 0 Å². The number of rotatable bonds is 4. The topological polar surface area (TPSA) is 55.3 Å². The molecule has 2 atom stereocenters. The molecule has 4 nitrogen and oxygen atoms in total. The molecule has 1 aliphatic rings. The Balaban J connectivity index is 2.04. The quantitative estimate of drug-likeness (QED) is 0.891.